The molecule has 0 atom stereocenters. The van der Waals surface area contributed by atoms with Gasteiger partial charge in [0, 0.05) is 34.4 Å². The van der Waals surface area contributed by atoms with Gasteiger partial charge in [0.25, 0.3) is 5.91 Å². The molecule has 0 saturated carbocycles. The molecule has 2 N–H and O–H groups in total. The van der Waals surface area contributed by atoms with Gasteiger partial charge in [-0.3, -0.25) is 10.1 Å². The number of alkyl halides is 3. The van der Waals surface area contributed by atoms with Crippen LogP contribution in [-0.4, -0.2) is 27.4 Å². The number of nitrogens with zero attached hydrogens (tertiary/aromatic N) is 3. The number of carbonyl (C=O) groups excluding carboxylic acids is 1. The van der Waals surface area contributed by atoms with Gasteiger partial charge in [-0.25, -0.2) is 9.37 Å². The highest BCUT2D eigenvalue weighted by Crippen LogP contribution is 2.34. The molecule has 0 unspecified atom stereocenters. The molecule has 0 aliphatic rings. The van der Waals surface area contributed by atoms with Crippen LogP contribution in [0.4, 0.5) is 34.1 Å². The Morgan fingerprint density at radius 1 is 1.03 bits per heavy atom. The van der Waals surface area contributed by atoms with Crippen molar-refractivity contribution in [3.8, 4) is 17.3 Å². The van der Waals surface area contributed by atoms with Gasteiger partial charge >= 0.3 is 6.18 Å². The zero-order chi connectivity index (χ0) is 24.3. The highest BCUT2D eigenvalue weighted by atomic mass is 32.1. The van der Waals surface area contributed by atoms with Crippen LogP contribution >= 0.6 is 11.5 Å². The van der Waals surface area contributed by atoms with Crippen molar-refractivity contribution in [2.75, 3.05) is 17.7 Å². The van der Waals surface area contributed by atoms with Crippen LogP contribution in [0, 0.1) is 5.82 Å². The molecule has 0 radical (unpaired) electrons. The number of hydrogen-bond donors (Lipinski definition) is 2. The lowest BCUT2D eigenvalue weighted by Crippen LogP contribution is -2.11. The standard InChI is InChI=1S/C22H15F4N5O2S/c1-33-18-9-7-15(11-27-18)28-14-5-2-12(3-6-14)20(32)30-21-29-19(31-34-21)13-4-8-17(23)16(10-13)22(24,25)26/h2-11,28H,1H3,(H,29,30,31,32). The van der Waals surface area contributed by atoms with E-state index in [1.807, 2.05) is 0 Å². The van der Waals surface area contributed by atoms with Crippen molar-refractivity contribution < 1.29 is 27.1 Å². The molecule has 2 aromatic heterocycles. The number of hydrogen-bond acceptors (Lipinski definition) is 7. The Kier molecular flexibility index (Phi) is 6.41. The van der Waals surface area contributed by atoms with Crippen LogP contribution in [0.3, 0.4) is 0 Å². The minimum absolute atomic E-state index is 0.0195. The van der Waals surface area contributed by atoms with Gasteiger partial charge in [-0.2, -0.15) is 22.5 Å². The van der Waals surface area contributed by atoms with Gasteiger partial charge in [0.1, 0.15) is 5.82 Å². The SMILES string of the molecule is COc1ccc(Nc2ccc(C(=O)Nc3nc(-c4ccc(F)c(C(F)(F)F)c4)ns3)cc2)cn1. The molecule has 7 nitrogen and oxygen atoms in total. The van der Waals surface area contributed by atoms with E-state index in [1.54, 1.807) is 42.6 Å². The fourth-order valence-corrected chi connectivity index (χ4v) is 3.47. The minimum atomic E-state index is -4.85. The van der Waals surface area contributed by atoms with E-state index in [4.69, 9.17) is 4.74 Å². The maximum atomic E-state index is 13.5. The van der Waals surface area contributed by atoms with Crippen molar-refractivity contribution in [3.05, 3.63) is 77.7 Å². The first kappa shape index (κ1) is 23.1. The molecule has 2 aromatic carbocycles. The van der Waals surface area contributed by atoms with Crippen LogP contribution < -0.4 is 15.4 Å². The van der Waals surface area contributed by atoms with Crippen LogP contribution in [-0.2, 0) is 6.18 Å². The number of benzene rings is 2. The number of rotatable bonds is 6. The van der Waals surface area contributed by atoms with Crippen molar-refractivity contribution in [3.63, 3.8) is 0 Å². The number of methoxy groups -OCH3 is 1. The van der Waals surface area contributed by atoms with Gasteiger partial charge in [-0.05, 0) is 48.5 Å². The number of anilines is 3. The fraction of sp³-hybridized carbons (Fsp3) is 0.0909. The first-order chi connectivity index (χ1) is 16.2. The van der Waals surface area contributed by atoms with Crippen LogP contribution in [0.15, 0.2) is 60.8 Å². The number of carbonyl (C=O) groups is 1. The van der Waals surface area contributed by atoms with E-state index < -0.39 is 23.5 Å². The third-order valence-electron chi connectivity index (χ3n) is 4.56. The lowest BCUT2D eigenvalue weighted by atomic mass is 10.1. The topological polar surface area (TPSA) is 89.0 Å². The summed E-state index contributed by atoms with van der Waals surface area (Å²) in [5.41, 5.74) is 0.349. The molecule has 4 aromatic rings. The summed E-state index contributed by atoms with van der Waals surface area (Å²) in [6.07, 6.45) is -3.25. The molecule has 0 aliphatic carbocycles. The van der Waals surface area contributed by atoms with E-state index in [0.717, 1.165) is 29.0 Å². The van der Waals surface area contributed by atoms with E-state index in [9.17, 15) is 22.4 Å². The molecular formula is C22H15F4N5O2S. The average Bonchev–Trinajstić information content (AvgIpc) is 3.28. The summed E-state index contributed by atoms with van der Waals surface area (Å²) in [6, 6.07) is 12.5. The van der Waals surface area contributed by atoms with Gasteiger partial charge in [0.15, 0.2) is 5.82 Å². The van der Waals surface area contributed by atoms with Crippen LogP contribution in [0.5, 0.6) is 5.88 Å². The predicted molar refractivity (Wildman–Crippen MR) is 119 cm³/mol. The third kappa shape index (κ3) is 5.29. The summed E-state index contributed by atoms with van der Waals surface area (Å²) in [4.78, 5) is 20.7. The lowest BCUT2D eigenvalue weighted by molar-refractivity contribution is -0.139. The van der Waals surface area contributed by atoms with Gasteiger partial charge < -0.3 is 10.1 Å². The van der Waals surface area contributed by atoms with Crippen molar-refractivity contribution >= 4 is 33.9 Å². The number of pyridine rings is 1. The summed E-state index contributed by atoms with van der Waals surface area (Å²) >= 11 is 0.795. The average molecular weight is 489 g/mol. The number of nitrogens with one attached hydrogen (secondary N) is 2. The maximum Gasteiger partial charge on any atom is 0.419 e. The zero-order valence-electron chi connectivity index (χ0n) is 17.4. The molecule has 34 heavy (non-hydrogen) atoms. The number of halogens is 4. The summed E-state index contributed by atoms with van der Waals surface area (Å²) < 4.78 is 61.3. The Balaban J connectivity index is 1.42. The second-order valence-corrected chi connectivity index (χ2v) is 7.61. The van der Waals surface area contributed by atoms with Crippen LogP contribution in [0.1, 0.15) is 15.9 Å². The van der Waals surface area contributed by atoms with E-state index in [0.29, 0.717) is 23.6 Å². The largest absolute Gasteiger partial charge is 0.481 e. The third-order valence-corrected chi connectivity index (χ3v) is 5.19. The number of aromatic nitrogens is 3. The molecule has 12 heteroatoms. The summed E-state index contributed by atoms with van der Waals surface area (Å²) in [5.74, 6) is -1.44. The highest BCUT2D eigenvalue weighted by Gasteiger charge is 2.34. The van der Waals surface area contributed by atoms with E-state index >= 15 is 0 Å². The Labute approximate surface area is 194 Å². The van der Waals surface area contributed by atoms with Gasteiger partial charge in [0.05, 0.1) is 24.6 Å². The Morgan fingerprint density at radius 2 is 1.76 bits per heavy atom. The molecular weight excluding hydrogens is 474 g/mol. The zero-order valence-corrected chi connectivity index (χ0v) is 18.2. The van der Waals surface area contributed by atoms with Crippen LogP contribution in [0.25, 0.3) is 11.4 Å². The van der Waals surface area contributed by atoms with Crippen LogP contribution in [0.2, 0.25) is 0 Å². The molecule has 1 amide bonds. The van der Waals surface area contributed by atoms with E-state index in [-0.39, 0.29) is 16.5 Å². The van der Waals surface area contributed by atoms with Gasteiger partial charge in [-0.1, -0.05) is 0 Å². The molecule has 0 bridgehead atoms. The lowest BCUT2D eigenvalue weighted by Gasteiger charge is -2.08. The normalized spacial score (nSPS) is 11.2. The van der Waals surface area contributed by atoms with E-state index in [2.05, 4.69) is 25.0 Å². The maximum absolute atomic E-state index is 13.5. The monoisotopic (exact) mass is 489 g/mol. The van der Waals surface area contributed by atoms with E-state index in [1.165, 1.54) is 7.11 Å². The number of amides is 1. The van der Waals surface area contributed by atoms with Gasteiger partial charge in [0.2, 0.25) is 11.0 Å². The van der Waals surface area contributed by atoms with Crippen molar-refractivity contribution in [1.82, 2.24) is 14.3 Å². The molecule has 2 heterocycles. The summed E-state index contributed by atoms with van der Waals surface area (Å²) in [6.45, 7) is 0. The first-order valence-electron chi connectivity index (χ1n) is 9.62. The minimum Gasteiger partial charge on any atom is -0.481 e. The quantitative estimate of drug-likeness (QED) is 0.335. The van der Waals surface area contributed by atoms with Crippen molar-refractivity contribution in [2.45, 2.75) is 6.18 Å². The molecule has 0 aliphatic heterocycles. The van der Waals surface area contributed by atoms with Gasteiger partial charge in [-0.15, -0.1) is 0 Å². The second kappa shape index (κ2) is 9.43. The summed E-state index contributed by atoms with van der Waals surface area (Å²) in [7, 11) is 1.52. The molecule has 0 spiro atoms. The Hall–Kier alpha value is -4.06. The van der Waals surface area contributed by atoms with Crippen molar-refractivity contribution in [1.29, 1.82) is 0 Å². The second-order valence-electron chi connectivity index (χ2n) is 6.86. The highest BCUT2D eigenvalue weighted by molar-refractivity contribution is 7.10. The Morgan fingerprint density at radius 3 is 2.41 bits per heavy atom. The van der Waals surface area contributed by atoms with Crippen molar-refractivity contribution in [2.24, 2.45) is 0 Å². The fourth-order valence-electron chi connectivity index (χ4n) is 2.89. The first-order valence-corrected chi connectivity index (χ1v) is 10.4. The summed E-state index contributed by atoms with van der Waals surface area (Å²) in [5, 5.41) is 5.77. The smallest absolute Gasteiger partial charge is 0.419 e. The molecule has 174 valence electrons. The molecule has 0 fully saturated rings. The molecule has 0 saturated heterocycles. The number of ether oxygens (including phenoxy) is 1. The Bertz CT molecular complexity index is 1310. The predicted octanol–water partition coefficient (Wildman–Crippen LogP) is 5.76. The molecule has 4 rings (SSSR count).